The van der Waals surface area contributed by atoms with Gasteiger partial charge in [-0.2, -0.15) is 0 Å². The van der Waals surface area contributed by atoms with Gasteiger partial charge in [0.25, 0.3) is 0 Å². The number of carbonyl (C=O) groups excluding carboxylic acids is 1. The number of ether oxygens (including phenoxy) is 1. The summed E-state index contributed by atoms with van der Waals surface area (Å²) in [5.74, 6) is 0.241. The maximum absolute atomic E-state index is 12.0. The Kier molecular flexibility index (Phi) is 5.20. The van der Waals surface area contributed by atoms with Crippen LogP contribution in [0, 0.1) is 5.92 Å². The molecule has 1 aromatic rings. The smallest absolute Gasteiger partial charge is 0.338 e. The largest absolute Gasteiger partial charge is 0.462 e. The van der Waals surface area contributed by atoms with Crippen molar-refractivity contribution < 1.29 is 9.53 Å². The van der Waals surface area contributed by atoms with Crippen LogP contribution in [-0.4, -0.2) is 17.6 Å². The normalized spacial score (nSPS) is 16.3. The first kappa shape index (κ1) is 14.3. The first-order chi connectivity index (χ1) is 9.19. The van der Waals surface area contributed by atoms with Gasteiger partial charge in [0.15, 0.2) is 0 Å². The Morgan fingerprint density at radius 3 is 2.79 bits per heavy atom. The minimum absolute atomic E-state index is 0.287. The Balaban J connectivity index is 1.93. The van der Waals surface area contributed by atoms with E-state index in [1.165, 1.54) is 32.1 Å². The summed E-state index contributed by atoms with van der Waals surface area (Å²) in [6.45, 7) is 2.51. The zero-order valence-corrected chi connectivity index (χ0v) is 12.1. The molecule has 2 rings (SSSR count). The van der Waals surface area contributed by atoms with Gasteiger partial charge in [-0.1, -0.05) is 37.8 Å². The van der Waals surface area contributed by atoms with Crippen LogP contribution in [0.5, 0.6) is 0 Å². The van der Waals surface area contributed by atoms with E-state index in [2.05, 4.69) is 4.98 Å². The second-order valence-corrected chi connectivity index (χ2v) is 5.51. The molecule has 0 N–H and O–H groups in total. The molecule has 0 aliphatic heterocycles. The van der Waals surface area contributed by atoms with Crippen molar-refractivity contribution in [1.29, 1.82) is 0 Å². The van der Waals surface area contributed by atoms with Gasteiger partial charge in [0.1, 0.15) is 5.15 Å². The van der Waals surface area contributed by atoms with E-state index in [0.717, 1.165) is 12.1 Å². The Morgan fingerprint density at radius 1 is 1.37 bits per heavy atom. The van der Waals surface area contributed by atoms with Crippen molar-refractivity contribution in [3.63, 3.8) is 0 Å². The van der Waals surface area contributed by atoms with Crippen LogP contribution in [0.2, 0.25) is 5.15 Å². The topological polar surface area (TPSA) is 39.2 Å². The predicted octanol–water partition coefficient (Wildman–Crippen LogP) is 4.03. The fraction of sp³-hybridized carbons (Fsp3) is 0.600. The Morgan fingerprint density at radius 2 is 2.11 bits per heavy atom. The van der Waals surface area contributed by atoms with E-state index in [-0.39, 0.29) is 5.97 Å². The Bertz CT molecular complexity index is 442. The van der Waals surface area contributed by atoms with Gasteiger partial charge in [0, 0.05) is 5.69 Å². The molecule has 104 valence electrons. The second kappa shape index (κ2) is 6.90. The van der Waals surface area contributed by atoms with Gasteiger partial charge in [-0.15, -0.1) is 0 Å². The third-order valence-electron chi connectivity index (χ3n) is 3.62. The summed E-state index contributed by atoms with van der Waals surface area (Å²) in [7, 11) is 0. The van der Waals surface area contributed by atoms with Crippen molar-refractivity contribution in [3.8, 4) is 0 Å². The van der Waals surface area contributed by atoms with E-state index < -0.39 is 0 Å². The molecule has 0 spiro atoms. The first-order valence-electron chi connectivity index (χ1n) is 7.02. The first-order valence-corrected chi connectivity index (χ1v) is 7.40. The molecule has 0 bridgehead atoms. The molecule has 1 aromatic heterocycles. The van der Waals surface area contributed by atoms with Gasteiger partial charge in [0.2, 0.25) is 0 Å². The number of halogens is 1. The summed E-state index contributed by atoms with van der Waals surface area (Å²) in [4.78, 5) is 16.1. The van der Waals surface area contributed by atoms with Gasteiger partial charge < -0.3 is 4.74 Å². The van der Waals surface area contributed by atoms with Gasteiger partial charge >= 0.3 is 5.97 Å². The standard InChI is InChI=1S/C15H20ClNO2/c1-2-13-8-12(9-14(16)17-13)15(18)19-10-11-6-4-3-5-7-11/h8-9,11H,2-7,10H2,1H3. The van der Waals surface area contributed by atoms with E-state index in [9.17, 15) is 4.79 Å². The van der Waals surface area contributed by atoms with Crippen LogP contribution in [0.15, 0.2) is 12.1 Å². The maximum atomic E-state index is 12.0. The van der Waals surface area contributed by atoms with Crippen LogP contribution in [0.25, 0.3) is 0 Å². The molecule has 0 aromatic carbocycles. The van der Waals surface area contributed by atoms with Gasteiger partial charge in [0.05, 0.1) is 12.2 Å². The third kappa shape index (κ3) is 4.20. The summed E-state index contributed by atoms with van der Waals surface area (Å²) in [6, 6.07) is 3.33. The van der Waals surface area contributed by atoms with Crippen LogP contribution < -0.4 is 0 Å². The molecule has 0 unspecified atom stereocenters. The molecule has 1 heterocycles. The quantitative estimate of drug-likeness (QED) is 0.618. The highest BCUT2D eigenvalue weighted by Crippen LogP contribution is 2.24. The average Bonchev–Trinajstić information content (AvgIpc) is 2.45. The highest BCUT2D eigenvalue weighted by atomic mass is 35.5. The van der Waals surface area contributed by atoms with Crippen molar-refractivity contribution in [2.24, 2.45) is 5.92 Å². The second-order valence-electron chi connectivity index (χ2n) is 5.13. The summed E-state index contributed by atoms with van der Waals surface area (Å²) in [5.41, 5.74) is 1.32. The molecule has 0 saturated heterocycles. The summed E-state index contributed by atoms with van der Waals surface area (Å²) >= 11 is 5.90. The molecular formula is C15H20ClNO2. The molecule has 0 amide bonds. The molecule has 3 nitrogen and oxygen atoms in total. The van der Waals surface area contributed by atoms with Crippen LogP contribution in [0.3, 0.4) is 0 Å². The lowest BCUT2D eigenvalue weighted by Gasteiger charge is -2.21. The Labute approximate surface area is 119 Å². The lowest BCUT2D eigenvalue weighted by Crippen LogP contribution is -2.17. The van der Waals surface area contributed by atoms with Crippen LogP contribution in [0.4, 0.5) is 0 Å². The van der Waals surface area contributed by atoms with Gasteiger partial charge in [-0.3, -0.25) is 0 Å². The number of esters is 1. The highest BCUT2D eigenvalue weighted by molar-refractivity contribution is 6.29. The zero-order chi connectivity index (χ0) is 13.7. The van der Waals surface area contributed by atoms with E-state index in [4.69, 9.17) is 16.3 Å². The van der Waals surface area contributed by atoms with Gasteiger partial charge in [-0.05, 0) is 37.3 Å². The predicted molar refractivity (Wildman–Crippen MR) is 75.5 cm³/mol. The van der Waals surface area contributed by atoms with Crippen molar-refractivity contribution >= 4 is 17.6 Å². The molecular weight excluding hydrogens is 262 g/mol. The molecule has 1 saturated carbocycles. The summed E-state index contributed by atoms with van der Waals surface area (Å²) in [5, 5.41) is 0.351. The molecule has 1 fully saturated rings. The number of aryl methyl sites for hydroxylation is 1. The van der Waals surface area contributed by atoms with E-state index in [0.29, 0.717) is 23.2 Å². The van der Waals surface area contributed by atoms with Crippen molar-refractivity contribution in [3.05, 3.63) is 28.5 Å². The number of rotatable bonds is 4. The molecule has 1 aliphatic rings. The lowest BCUT2D eigenvalue weighted by atomic mass is 9.90. The van der Waals surface area contributed by atoms with Crippen LogP contribution in [0.1, 0.15) is 55.1 Å². The number of aromatic nitrogens is 1. The fourth-order valence-corrected chi connectivity index (χ4v) is 2.71. The van der Waals surface area contributed by atoms with Crippen molar-refractivity contribution in [1.82, 2.24) is 4.98 Å². The van der Waals surface area contributed by atoms with Crippen molar-refractivity contribution in [2.45, 2.75) is 45.4 Å². The van der Waals surface area contributed by atoms with Crippen molar-refractivity contribution in [2.75, 3.05) is 6.61 Å². The molecule has 4 heteroatoms. The van der Waals surface area contributed by atoms with E-state index in [1.54, 1.807) is 12.1 Å². The zero-order valence-electron chi connectivity index (χ0n) is 11.3. The minimum Gasteiger partial charge on any atom is -0.462 e. The van der Waals surface area contributed by atoms with Crippen LogP contribution in [-0.2, 0) is 11.2 Å². The van der Waals surface area contributed by atoms with Gasteiger partial charge in [-0.25, -0.2) is 9.78 Å². The van der Waals surface area contributed by atoms with E-state index in [1.807, 2.05) is 6.92 Å². The number of carbonyl (C=O) groups is 1. The highest BCUT2D eigenvalue weighted by Gasteiger charge is 2.17. The average molecular weight is 282 g/mol. The third-order valence-corrected chi connectivity index (χ3v) is 3.81. The number of hydrogen-bond donors (Lipinski definition) is 0. The number of pyridine rings is 1. The summed E-state index contributed by atoms with van der Waals surface area (Å²) in [6.07, 6.45) is 6.91. The monoisotopic (exact) mass is 281 g/mol. The SMILES string of the molecule is CCc1cc(C(=O)OCC2CCCCC2)cc(Cl)n1. The summed E-state index contributed by atoms with van der Waals surface area (Å²) < 4.78 is 5.40. The minimum atomic E-state index is -0.287. The fourth-order valence-electron chi connectivity index (χ4n) is 2.48. The van der Waals surface area contributed by atoms with E-state index >= 15 is 0 Å². The molecule has 19 heavy (non-hydrogen) atoms. The molecule has 0 atom stereocenters. The number of nitrogens with zero attached hydrogens (tertiary/aromatic N) is 1. The van der Waals surface area contributed by atoms with Crippen LogP contribution >= 0.6 is 11.6 Å². The molecule has 0 radical (unpaired) electrons. The number of hydrogen-bond acceptors (Lipinski definition) is 3. The Hall–Kier alpha value is -1.09. The maximum Gasteiger partial charge on any atom is 0.338 e. The molecule has 1 aliphatic carbocycles. The lowest BCUT2D eigenvalue weighted by molar-refractivity contribution is 0.0410.